The summed E-state index contributed by atoms with van der Waals surface area (Å²) in [7, 11) is -4.32. The van der Waals surface area contributed by atoms with Gasteiger partial charge in [0.2, 0.25) is 5.88 Å². The molecule has 3 aromatic heterocycles. The standard InChI is InChI=1S/C31H33F2N5O4S/c1-30(2)14-23(15-31(3,4)42-30)41-27-11-9-20(17-36-27)25-10-8-21-16-35-22(13-26(21)38-25)18-37-28(39)19-6-5-7-24(12-19)43(34,40)29(32)33/h5-13,16-17,23,29,34H,14-15,18H2,1-4H3,(H,37,39). The second-order valence-electron chi connectivity index (χ2n) is 11.8. The van der Waals surface area contributed by atoms with Crippen molar-refractivity contribution in [2.45, 2.75) is 75.0 Å². The molecule has 2 N–H and O–H groups in total. The van der Waals surface area contributed by atoms with Gasteiger partial charge >= 0.3 is 5.76 Å². The fourth-order valence-corrected chi connectivity index (χ4v) is 6.16. The Labute approximate surface area is 249 Å². The Kier molecular flexibility index (Phi) is 8.19. The van der Waals surface area contributed by atoms with Crippen LogP contribution in [-0.2, 0) is 21.0 Å². The van der Waals surface area contributed by atoms with Crippen LogP contribution in [0.4, 0.5) is 8.78 Å². The van der Waals surface area contributed by atoms with Crippen LogP contribution in [-0.4, -0.2) is 48.1 Å². The third-order valence-electron chi connectivity index (χ3n) is 7.07. The predicted molar refractivity (Wildman–Crippen MR) is 158 cm³/mol. The van der Waals surface area contributed by atoms with Gasteiger partial charge in [0.1, 0.15) is 15.8 Å². The molecule has 4 aromatic rings. The number of ether oxygens (including phenoxy) is 2. The summed E-state index contributed by atoms with van der Waals surface area (Å²) >= 11 is 0. The average molecular weight is 610 g/mol. The van der Waals surface area contributed by atoms with Gasteiger partial charge in [-0.05, 0) is 70.2 Å². The Morgan fingerprint density at radius 3 is 2.49 bits per heavy atom. The number of amides is 1. The highest BCUT2D eigenvalue weighted by Crippen LogP contribution is 2.36. The number of benzene rings is 1. The van der Waals surface area contributed by atoms with E-state index in [4.69, 9.17) is 19.2 Å². The van der Waals surface area contributed by atoms with Crippen LogP contribution in [0.1, 0.15) is 56.6 Å². The number of rotatable bonds is 8. The second-order valence-corrected chi connectivity index (χ2v) is 13.8. The summed E-state index contributed by atoms with van der Waals surface area (Å²) in [6.07, 6.45) is 4.89. The van der Waals surface area contributed by atoms with Gasteiger partial charge in [-0.3, -0.25) is 9.78 Å². The van der Waals surface area contributed by atoms with E-state index in [1.165, 1.54) is 12.1 Å². The monoisotopic (exact) mass is 609 g/mol. The number of halogens is 2. The van der Waals surface area contributed by atoms with Crippen molar-refractivity contribution in [2.75, 3.05) is 0 Å². The Balaban J connectivity index is 1.27. The summed E-state index contributed by atoms with van der Waals surface area (Å²) in [5.74, 6) is -3.39. The molecule has 1 fully saturated rings. The van der Waals surface area contributed by atoms with Crippen molar-refractivity contribution in [1.29, 1.82) is 4.78 Å². The lowest BCUT2D eigenvalue weighted by atomic mass is 9.87. The van der Waals surface area contributed by atoms with Gasteiger partial charge in [0.25, 0.3) is 5.91 Å². The Hall–Kier alpha value is -4.03. The van der Waals surface area contributed by atoms with Gasteiger partial charge in [0.05, 0.1) is 39.5 Å². The van der Waals surface area contributed by atoms with E-state index >= 15 is 0 Å². The van der Waals surface area contributed by atoms with Crippen molar-refractivity contribution >= 4 is 26.5 Å². The van der Waals surface area contributed by atoms with Crippen LogP contribution in [0.15, 0.2) is 71.9 Å². The molecule has 226 valence electrons. The van der Waals surface area contributed by atoms with E-state index < -0.39 is 26.3 Å². The Morgan fingerprint density at radius 2 is 1.81 bits per heavy atom. The Morgan fingerprint density at radius 1 is 1.07 bits per heavy atom. The van der Waals surface area contributed by atoms with Gasteiger partial charge in [-0.15, -0.1) is 0 Å². The maximum atomic E-state index is 13.0. The third-order valence-corrected chi connectivity index (χ3v) is 8.52. The van der Waals surface area contributed by atoms with Gasteiger partial charge in [-0.2, -0.15) is 8.78 Å². The Bertz CT molecular complexity index is 1750. The molecule has 4 heterocycles. The molecule has 1 aliphatic rings. The summed E-state index contributed by atoms with van der Waals surface area (Å²) in [4.78, 5) is 25.9. The number of carbonyl (C=O) groups excluding carboxylic acids is 1. The van der Waals surface area contributed by atoms with E-state index in [1.807, 2.05) is 24.3 Å². The summed E-state index contributed by atoms with van der Waals surface area (Å²) in [5.41, 5.74) is 2.15. The van der Waals surface area contributed by atoms with Gasteiger partial charge < -0.3 is 14.8 Å². The number of hydrogen-bond acceptors (Lipinski definition) is 8. The molecule has 1 aromatic carbocycles. The van der Waals surface area contributed by atoms with Crippen molar-refractivity contribution in [2.24, 2.45) is 0 Å². The van der Waals surface area contributed by atoms with E-state index in [0.29, 0.717) is 22.8 Å². The second kappa shape index (κ2) is 11.6. The first-order chi connectivity index (χ1) is 20.2. The van der Waals surface area contributed by atoms with E-state index in [0.717, 1.165) is 35.9 Å². The maximum Gasteiger partial charge on any atom is 0.323 e. The number of pyridine rings is 3. The van der Waals surface area contributed by atoms with Crippen molar-refractivity contribution in [3.8, 4) is 17.1 Å². The molecule has 12 heteroatoms. The SMILES string of the molecule is CC1(C)CC(Oc2ccc(-c3ccc4cnc(CNC(=O)c5cccc(S(=N)(=O)C(F)F)c5)cc4n3)cn2)CC(C)(C)O1. The lowest BCUT2D eigenvalue weighted by molar-refractivity contribution is -0.182. The van der Waals surface area contributed by atoms with Gasteiger partial charge in [0.15, 0.2) is 0 Å². The molecule has 1 saturated heterocycles. The molecule has 1 aliphatic heterocycles. The van der Waals surface area contributed by atoms with E-state index in [2.05, 4.69) is 43.0 Å². The normalized spacial score (nSPS) is 17.8. The smallest absolute Gasteiger partial charge is 0.323 e. The number of fused-ring (bicyclic) bond motifs is 1. The molecule has 43 heavy (non-hydrogen) atoms. The third kappa shape index (κ3) is 7.14. The quantitative estimate of drug-likeness (QED) is 0.238. The molecule has 0 saturated carbocycles. The lowest BCUT2D eigenvalue weighted by Gasteiger charge is -2.44. The number of hydrogen-bond donors (Lipinski definition) is 2. The molecular weight excluding hydrogens is 576 g/mol. The number of nitrogens with one attached hydrogen (secondary N) is 2. The minimum atomic E-state index is -4.32. The molecule has 1 atom stereocenters. The van der Waals surface area contributed by atoms with E-state index in [9.17, 15) is 17.8 Å². The van der Waals surface area contributed by atoms with Crippen molar-refractivity contribution in [1.82, 2.24) is 20.3 Å². The highest BCUT2D eigenvalue weighted by molar-refractivity contribution is 7.92. The zero-order chi connectivity index (χ0) is 31.0. The topological polar surface area (TPSA) is 127 Å². The molecule has 5 rings (SSSR count). The van der Waals surface area contributed by atoms with E-state index in [1.54, 1.807) is 18.5 Å². The molecule has 1 amide bonds. The lowest BCUT2D eigenvalue weighted by Crippen LogP contribution is -2.49. The fraction of sp³-hybridized carbons (Fsp3) is 0.355. The molecule has 9 nitrogen and oxygen atoms in total. The van der Waals surface area contributed by atoms with Crippen LogP contribution in [0.2, 0.25) is 0 Å². The van der Waals surface area contributed by atoms with Crippen LogP contribution < -0.4 is 10.1 Å². The van der Waals surface area contributed by atoms with Crippen LogP contribution in [0.25, 0.3) is 22.2 Å². The largest absolute Gasteiger partial charge is 0.474 e. The molecule has 1 unspecified atom stereocenters. The number of nitrogens with zero attached hydrogens (tertiary/aromatic N) is 3. The molecule has 0 radical (unpaired) electrons. The minimum absolute atomic E-state index is 0.0112. The van der Waals surface area contributed by atoms with E-state index in [-0.39, 0.29) is 29.4 Å². The van der Waals surface area contributed by atoms with Crippen LogP contribution >= 0.6 is 0 Å². The summed E-state index contributed by atoms with van der Waals surface area (Å²) in [6.45, 7) is 8.31. The summed E-state index contributed by atoms with van der Waals surface area (Å²) in [5, 5.41) is 3.49. The minimum Gasteiger partial charge on any atom is -0.474 e. The van der Waals surface area contributed by atoms with Crippen molar-refractivity contribution < 1.29 is 27.3 Å². The van der Waals surface area contributed by atoms with Gasteiger partial charge in [-0.1, -0.05) is 6.07 Å². The summed E-state index contributed by atoms with van der Waals surface area (Å²) in [6, 6.07) is 14.2. The maximum absolute atomic E-state index is 13.0. The molecule has 0 bridgehead atoms. The first-order valence-corrected chi connectivity index (χ1v) is 15.4. The first kappa shape index (κ1) is 30.4. The van der Waals surface area contributed by atoms with Crippen LogP contribution in [0, 0.1) is 4.78 Å². The average Bonchev–Trinajstić information content (AvgIpc) is 2.94. The number of carbonyl (C=O) groups is 1. The zero-order valence-electron chi connectivity index (χ0n) is 24.3. The van der Waals surface area contributed by atoms with Crippen molar-refractivity contribution in [3.05, 3.63) is 78.2 Å². The van der Waals surface area contributed by atoms with Gasteiger partial charge in [-0.25, -0.2) is 19.0 Å². The van der Waals surface area contributed by atoms with Crippen LogP contribution in [0.5, 0.6) is 5.88 Å². The predicted octanol–water partition coefficient (Wildman–Crippen LogP) is 6.37. The first-order valence-electron chi connectivity index (χ1n) is 13.7. The highest BCUT2D eigenvalue weighted by Gasteiger charge is 2.40. The highest BCUT2D eigenvalue weighted by atomic mass is 32.2. The number of alkyl halides is 2. The summed E-state index contributed by atoms with van der Waals surface area (Å²) < 4.78 is 57.8. The number of aromatic nitrogens is 3. The van der Waals surface area contributed by atoms with Gasteiger partial charge in [0, 0.05) is 47.8 Å². The fourth-order valence-electron chi connectivity index (χ4n) is 5.37. The molecule has 0 aliphatic carbocycles. The molecule has 0 spiro atoms. The zero-order valence-corrected chi connectivity index (χ0v) is 25.1. The van der Waals surface area contributed by atoms with Crippen molar-refractivity contribution in [3.63, 3.8) is 0 Å². The molecular formula is C31H33F2N5O4S. The van der Waals surface area contributed by atoms with Crippen LogP contribution in [0.3, 0.4) is 0 Å².